The van der Waals surface area contributed by atoms with Crippen LogP contribution in [0.5, 0.6) is 0 Å². The molecule has 0 aromatic rings. The molecule has 2 nitrogen and oxygen atoms in total. The van der Waals surface area contributed by atoms with Crippen LogP contribution in [0.3, 0.4) is 0 Å². The third-order valence-corrected chi connectivity index (χ3v) is 1.26. The Kier molecular flexibility index (Phi) is 3.24. The molecule has 12 heavy (non-hydrogen) atoms. The van der Waals surface area contributed by atoms with Gasteiger partial charge in [0.1, 0.15) is 12.7 Å². The van der Waals surface area contributed by atoms with Crippen molar-refractivity contribution in [3.8, 4) is 0 Å². The van der Waals surface area contributed by atoms with Gasteiger partial charge in [0.2, 0.25) is 0 Å². The third kappa shape index (κ3) is 2.52. The molecule has 0 spiro atoms. The minimum atomic E-state index is -4.68. The number of hydrogen-bond donors (Lipinski definition) is 2. The Balaban J connectivity index is 4.96. The molecule has 0 heterocycles. The molecule has 0 saturated heterocycles. The Morgan fingerprint density at radius 2 is 1.75 bits per heavy atom. The first-order valence-electron chi connectivity index (χ1n) is 3.04. The Morgan fingerprint density at radius 1 is 1.33 bits per heavy atom. The Labute approximate surface area is 66.8 Å². The zero-order valence-corrected chi connectivity index (χ0v) is 6.59. The molecule has 70 valence electrons. The van der Waals surface area contributed by atoms with E-state index in [1.807, 2.05) is 4.99 Å². The summed E-state index contributed by atoms with van der Waals surface area (Å²) in [6, 6.07) is 0. The molecular weight excluding hydrogens is 176 g/mol. The summed E-state index contributed by atoms with van der Waals surface area (Å²) in [6.07, 6.45) is -4.68. The lowest BCUT2D eigenvalue weighted by Crippen LogP contribution is -2.67. The smallest absolute Gasteiger partial charge is 0.394 e. The van der Waals surface area contributed by atoms with Crippen molar-refractivity contribution in [3.05, 3.63) is 11.3 Å². The average Bonchev–Trinajstić information content (AvgIpc) is 1.98. The quantitative estimate of drug-likeness (QED) is 0.433. The number of allylic oxidation sites excluding steroid dienone is 2. The van der Waals surface area contributed by atoms with Crippen LogP contribution in [0.4, 0.5) is 17.6 Å². The van der Waals surface area contributed by atoms with Crippen molar-refractivity contribution in [1.82, 2.24) is 0 Å². The molecule has 0 atom stereocenters. The van der Waals surface area contributed by atoms with Gasteiger partial charge < -0.3 is 5.73 Å². The molecule has 0 aliphatic rings. The molecule has 0 aromatic carbocycles. The average molecular weight is 185 g/mol. The molecule has 0 radical (unpaired) electrons. The maximum absolute atomic E-state index is 12.5. The van der Waals surface area contributed by atoms with Crippen LogP contribution in [0.25, 0.3) is 0 Å². The van der Waals surface area contributed by atoms with Crippen LogP contribution in [-0.4, -0.2) is 19.2 Å². The monoisotopic (exact) mass is 185 g/mol. The Morgan fingerprint density at radius 3 is 2.00 bits per heavy atom. The summed E-state index contributed by atoms with van der Waals surface area (Å²) in [6.45, 7) is 0.953. The minimum Gasteiger partial charge on any atom is -0.394 e. The minimum absolute atomic E-state index is 0.634. The van der Waals surface area contributed by atoms with Crippen molar-refractivity contribution < 1.29 is 22.6 Å². The van der Waals surface area contributed by atoms with E-state index in [-0.39, 0.29) is 0 Å². The van der Waals surface area contributed by atoms with Crippen LogP contribution < -0.4 is 10.7 Å². The summed E-state index contributed by atoms with van der Waals surface area (Å²) in [4.78, 5) is 1.93. The summed E-state index contributed by atoms with van der Waals surface area (Å²) in [5.41, 5.74) is 2.57. The maximum Gasteiger partial charge on any atom is 0.431 e. The zero-order chi connectivity index (χ0) is 9.94. The van der Waals surface area contributed by atoms with E-state index in [1.165, 1.54) is 7.05 Å². The van der Waals surface area contributed by atoms with Crippen molar-refractivity contribution >= 4 is 5.97 Å². The molecule has 0 amide bonds. The molecule has 6 heteroatoms. The Bertz CT molecular complexity index is 226. The van der Waals surface area contributed by atoms with E-state index in [1.54, 1.807) is 0 Å². The normalized spacial score (nSPS) is 16.0. The molecule has 0 aliphatic carbocycles. The van der Waals surface area contributed by atoms with Gasteiger partial charge in [0.25, 0.3) is 0 Å². The van der Waals surface area contributed by atoms with Gasteiger partial charge in [0, 0.05) is 0 Å². The van der Waals surface area contributed by atoms with Gasteiger partial charge in [-0.05, 0) is 6.92 Å². The van der Waals surface area contributed by atoms with Crippen LogP contribution in [0.1, 0.15) is 6.92 Å². The van der Waals surface area contributed by atoms with Gasteiger partial charge in [0.15, 0.2) is 0 Å². The molecule has 0 aromatic heterocycles. The number of rotatable bonds is 1. The highest BCUT2D eigenvalue weighted by Crippen LogP contribution is 2.23. The molecular formula is C6H9F4N2+. The number of alkyl halides is 3. The summed E-state index contributed by atoms with van der Waals surface area (Å²) >= 11 is 0. The van der Waals surface area contributed by atoms with Gasteiger partial charge in [-0.15, -0.1) is 4.39 Å². The first-order chi connectivity index (χ1) is 5.30. The summed E-state index contributed by atoms with van der Waals surface area (Å²) in [7, 11) is 1.17. The van der Waals surface area contributed by atoms with E-state index in [4.69, 9.17) is 0 Å². The molecule has 0 unspecified atom stereocenters. The van der Waals surface area contributed by atoms with E-state index in [9.17, 15) is 17.6 Å². The summed E-state index contributed by atoms with van der Waals surface area (Å²) in [5, 5.41) is 0. The van der Waals surface area contributed by atoms with Crippen LogP contribution in [-0.2, 0) is 0 Å². The molecule has 0 aliphatic heterocycles. The molecule has 0 fully saturated rings. The predicted octanol–water partition coefficient (Wildman–Crippen LogP) is -0.140. The molecule has 0 saturated carbocycles. The largest absolute Gasteiger partial charge is 0.431 e. The predicted molar refractivity (Wildman–Crippen MR) is 35.9 cm³/mol. The second-order valence-electron chi connectivity index (χ2n) is 2.10. The van der Waals surface area contributed by atoms with Crippen molar-refractivity contribution in [1.29, 1.82) is 0 Å². The fourth-order valence-corrected chi connectivity index (χ4v) is 0.518. The van der Waals surface area contributed by atoms with Gasteiger partial charge in [-0.1, -0.05) is 0 Å². The third-order valence-electron chi connectivity index (χ3n) is 1.26. The number of halogens is 4. The fraction of sp³-hybridized carbons (Fsp3) is 0.500. The Hall–Kier alpha value is -1.07. The van der Waals surface area contributed by atoms with E-state index in [2.05, 4.69) is 5.73 Å². The highest BCUT2D eigenvalue weighted by atomic mass is 19.4. The van der Waals surface area contributed by atoms with Crippen LogP contribution in [0.15, 0.2) is 11.3 Å². The highest BCUT2D eigenvalue weighted by molar-refractivity contribution is 5.87. The number of nitrogens with two attached hydrogens (primary N) is 1. The van der Waals surface area contributed by atoms with E-state index in [0.29, 0.717) is 0 Å². The highest BCUT2D eigenvalue weighted by Gasteiger charge is 2.35. The molecule has 0 rings (SSSR count). The van der Waals surface area contributed by atoms with Gasteiger partial charge in [-0.3, -0.25) is 0 Å². The molecule has 3 N–H and O–H groups in total. The van der Waals surface area contributed by atoms with Gasteiger partial charge in [-0.2, -0.15) is 13.2 Å². The summed E-state index contributed by atoms with van der Waals surface area (Å²) < 4.78 is 47.9. The second-order valence-corrected chi connectivity index (χ2v) is 2.10. The standard InChI is InChI=1S/C6H8F4N2/c1-3(5(7)12-2)4(11)6(8,9)10/h11H2,1-2H3/p+1. The second kappa shape index (κ2) is 3.55. The fourth-order valence-electron chi connectivity index (χ4n) is 0.518. The van der Waals surface area contributed by atoms with Crippen molar-refractivity contribution in [2.24, 2.45) is 5.73 Å². The summed E-state index contributed by atoms with van der Waals surface area (Å²) in [5.74, 6) is -1.08. The topological polar surface area (TPSA) is 40.0 Å². The lowest BCUT2D eigenvalue weighted by molar-refractivity contribution is -0.426. The zero-order valence-electron chi connectivity index (χ0n) is 6.59. The van der Waals surface area contributed by atoms with E-state index >= 15 is 0 Å². The van der Waals surface area contributed by atoms with Crippen molar-refractivity contribution in [2.75, 3.05) is 7.05 Å². The number of nitrogens with one attached hydrogen (secondary N) is 1. The van der Waals surface area contributed by atoms with Gasteiger partial charge in [0.05, 0.1) is 5.57 Å². The maximum atomic E-state index is 12.5. The van der Waals surface area contributed by atoms with E-state index < -0.39 is 23.4 Å². The van der Waals surface area contributed by atoms with Crippen molar-refractivity contribution in [2.45, 2.75) is 13.1 Å². The van der Waals surface area contributed by atoms with Crippen molar-refractivity contribution in [3.63, 3.8) is 0 Å². The number of hydrogen-bond acceptors (Lipinski definition) is 1. The van der Waals surface area contributed by atoms with Crippen LogP contribution in [0, 0.1) is 0 Å². The molecule has 0 bridgehead atoms. The first kappa shape index (κ1) is 10.9. The van der Waals surface area contributed by atoms with Crippen LogP contribution in [0.2, 0.25) is 0 Å². The van der Waals surface area contributed by atoms with E-state index in [0.717, 1.165) is 6.92 Å². The van der Waals surface area contributed by atoms with Crippen LogP contribution >= 0.6 is 0 Å². The van der Waals surface area contributed by atoms with Gasteiger partial charge >= 0.3 is 12.1 Å². The SMILES string of the molecule is C[NH+]=C(F)C(C)=C(N)C(F)(F)F. The lowest BCUT2D eigenvalue weighted by Gasteiger charge is -2.06. The first-order valence-corrected chi connectivity index (χ1v) is 3.04. The van der Waals surface area contributed by atoms with Gasteiger partial charge in [-0.25, -0.2) is 4.99 Å². The lowest BCUT2D eigenvalue weighted by atomic mass is 10.2.